The third kappa shape index (κ3) is 3.73. The van der Waals surface area contributed by atoms with E-state index in [1.165, 1.54) is 12.8 Å². The summed E-state index contributed by atoms with van der Waals surface area (Å²) >= 11 is 1.70. The molecule has 0 saturated heterocycles. The van der Waals surface area contributed by atoms with Crippen LogP contribution in [0.2, 0.25) is 0 Å². The zero-order valence-electron chi connectivity index (χ0n) is 11.0. The van der Waals surface area contributed by atoms with Gasteiger partial charge in [-0.25, -0.2) is 0 Å². The van der Waals surface area contributed by atoms with Gasteiger partial charge in [-0.05, 0) is 44.1 Å². The quantitative estimate of drug-likeness (QED) is 0.859. The molecule has 1 aromatic heterocycles. The van der Waals surface area contributed by atoms with Crippen molar-refractivity contribution in [2.75, 3.05) is 12.0 Å². The van der Waals surface area contributed by atoms with E-state index in [4.69, 9.17) is 0 Å². The summed E-state index contributed by atoms with van der Waals surface area (Å²) in [5, 5.41) is 3.14. The molecule has 1 amide bonds. The Balaban J connectivity index is 2.02. The highest BCUT2D eigenvalue weighted by atomic mass is 32.2. The third-order valence-corrected chi connectivity index (χ3v) is 3.78. The first-order valence-corrected chi connectivity index (χ1v) is 7.82. The van der Waals surface area contributed by atoms with Gasteiger partial charge in [0.15, 0.2) is 0 Å². The minimum atomic E-state index is 0.110. The lowest BCUT2D eigenvalue weighted by Gasteiger charge is -2.18. The highest BCUT2D eigenvalue weighted by Crippen LogP contribution is 2.40. The van der Waals surface area contributed by atoms with Gasteiger partial charge in [0.25, 0.3) is 0 Å². The van der Waals surface area contributed by atoms with Gasteiger partial charge in [0.05, 0.1) is 11.7 Å². The second kappa shape index (κ2) is 6.23. The van der Waals surface area contributed by atoms with Crippen LogP contribution >= 0.6 is 11.8 Å². The maximum Gasteiger partial charge on any atom is 0.221 e. The van der Waals surface area contributed by atoms with Gasteiger partial charge >= 0.3 is 0 Å². The van der Waals surface area contributed by atoms with E-state index in [-0.39, 0.29) is 11.9 Å². The minimum Gasteiger partial charge on any atom is -0.347 e. The minimum absolute atomic E-state index is 0.110. The van der Waals surface area contributed by atoms with Crippen LogP contribution in [0.3, 0.4) is 0 Å². The number of aryl methyl sites for hydroxylation is 1. The molecule has 3 nitrogen and oxygen atoms in total. The van der Waals surface area contributed by atoms with Gasteiger partial charge in [0, 0.05) is 17.9 Å². The van der Waals surface area contributed by atoms with Crippen LogP contribution in [0.1, 0.15) is 36.7 Å². The second-order valence-corrected chi connectivity index (χ2v) is 5.81. The van der Waals surface area contributed by atoms with E-state index in [0.29, 0.717) is 12.3 Å². The number of aromatic nitrogens is 1. The number of rotatable bonds is 6. The molecule has 1 saturated carbocycles. The average molecular weight is 264 g/mol. The van der Waals surface area contributed by atoms with E-state index in [0.717, 1.165) is 17.1 Å². The van der Waals surface area contributed by atoms with Crippen LogP contribution < -0.4 is 5.32 Å². The van der Waals surface area contributed by atoms with Crippen LogP contribution in [0.25, 0.3) is 0 Å². The molecule has 0 aliphatic heterocycles. The number of nitrogens with one attached hydrogen (secondary N) is 1. The number of pyridine rings is 1. The van der Waals surface area contributed by atoms with E-state index in [1.54, 1.807) is 11.8 Å². The van der Waals surface area contributed by atoms with Crippen molar-refractivity contribution in [3.05, 3.63) is 29.6 Å². The standard InChI is InChI=1S/C14H20N2OS/c1-10-4-3-5-12(15-10)14(11-6-7-11)16-13(17)8-9-18-2/h3-5,11,14H,6-9H2,1-2H3,(H,16,17)/t14-/m0/s1. The SMILES string of the molecule is CSCCC(=O)N[C@H](c1cccc(C)n1)C1CC1. The predicted molar refractivity (Wildman–Crippen MR) is 75.6 cm³/mol. The van der Waals surface area contributed by atoms with Crippen molar-refractivity contribution >= 4 is 17.7 Å². The van der Waals surface area contributed by atoms with Gasteiger partial charge in [-0.2, -0.15) is 11.8 Å². The molecule has 1 aliphatic rings. The van der Waals surface area contributed by atoms with Crippen molar-refractivity contribution < 1.29 is 4.79 Å². The Hall–Kier alpha value is -1.03. The Morgan fingerprint density at radius 1 is 1.56 bits per heavy atom. The molecule has 1 atom stereocenters. The number of thioether (sulfide) groups is 1. The van der Waals surface area contributed by atoms with Crippen LogP contribution in [0, 0.1) is 12.8 Å². The summed E-state index contributed by atoms with van der Waals surface area (Å²) in [6, 6.07) is 6.13. The lowest BCUT2D eigenvalue weighted by molar-refractivity contribution is -0.121. The summed E-state index contributed by atoms with van der Waals surface area (Å²) in [5.74, 6) is 1.60. The van der Waals surface area contributed by atoms with Crippen molar-refractivity contribution in [1.82, 2.24) is 10.3 Å². The fourth-order valence-corrected chi connectivity index (χ4v) is 2.43. The predicted octanol–water partition coefficient (Wildman–Crippen LogP) is 2.71. The summed E-state index contributed by atoms with van der Waals surface area (Å²) < 4.78 is 0. The van der Waals surface area contributed by atoms with Crippen molar-refractivity contribution in [2.45, 2.75) is 32.2 Å². The zero-order chi connectivity index (χ0) is 13.0. The number of carbonyl (C=O) groups is 1. The number of amides is 1. The first-order chi connectivity index (χ1) is 8.70. The van der Waals surface area contributed by atoms with E-state index >= 15 is 0 Å². The Kier molecular flexibility index (Phi) is 4.64. The van der Waals surface area contributed by atoms with E-state index < -0.39 is 0 Å². The Morgan fingerprint density at radius 2 is 2.33 bits per heavy atom. The molecule has 0 aromatic carbocycles. The van der Waals surface area contributed by atoms with Gasteiger partial charge in [-0.1, -0.05) is 6.07 Å². The van der Waals surface area contributed by atoms with E-state index in [9.17, 15) is 4.79 Å². The largest absolute Gasteiger partial charge is 0.347 e. The lowest BCUT2D eigenvalue weighted by atomic mass is 10.1. The first kappa shape index (κ1) is 13.4. The summed E-state index contributed by atoms with van der Waals surface area (Å²) in [6.07, 6.45) is 5.01. The maximum absolute atomic E-state index is 11.9. The zero-order valence-corrected chi connectivity index (χ0v) is 11.8. The molecule has 98 valence electrons. The van der Waals surface area contributed by atoms with E-state index in [1.807, 2.05) is 31.4 Å². The Labute approximate surface area is 113 Å². The maximum atomic E-state index is 11.9. The van der Waals surface area contributed by atoms with Crippen molar-refractivity contribution in [2.24, 2.45) is 5.92 Å². The second-order valence-electron chi connectivity index (χ2n) is 4.83. The smallest absolute Gasteiger partial charge is 0.221 e. The lowest BCUT2D eigenvalue weighted by Crippen LogP contribution is -2.30. The summed E-state index contributed by atoms with van der Waals surface area (Å²) in [6.45, 7) is 1.99. The Bertz CT molecular complexity index is 418. The molecular weight excluding hydrogens is 244 g/mol. The summed E-state index contributed by atoms with van der Waals surface area (Å²) in [4.78, 5) is 16.4. The van der Waals surface area contributed by atoms with Gasteiger partial charge in [0.2, 0.25) is 5.91 Å². The molecule has 0 spiro atoms. The molecule has 2 rings (SSSR count). The highest BCUT2D eigenvalue weighted by molar-refractivity contribution is 7.98. The number of nitrogens with zero attached hydrogens (tertiary/aromatic N) is 1. The van der Waals surface area contributed by atoms with Gasteiger partial charge in [0.1, 0.15) is 0 Å². The van der Waals surface area contributed by atoms with Crippen molar-refractivity contribution in [3.8, 4) is 0 Å². The number of hydrogen-bond acceptors (Lipinski definition) is 3. The molecule has 4 heteroatoms. The topological polar surface area (TPSA) is 42.0 Å². The van der Waals surface area contributed by atoms with Crippen LogP contribution in [0.5, 0.6) is 0 Å². The molecular formula is C14H20N2OS. The molecule has 1 N–H and O–H groups in total. The first-order valence-electron chi connectivity index (χ1n) is 6.42. The molecule has 0 radical (unpaired) electrons. The van der Waals surface area contributed by atoms with Crippen LogP contribution in [-0.4, -0.2) is 22.9 Å². The third-order valence-electron chi connectivity index (χ3n) is 3.17. The van der Waals surface area contributed by atoms with Crippen molar-refractivity contribution in [1.29, 1.82) is 0 Å². The van der Waals surface area contributed by atoms with Crippen LogP contribution in [-0.2, 0) is 4.79 Å². The molecule has 1 heterocycles. The van der Waals surface area contributed by atoms with Crippen LogP contribution in [0.15, 0.2) is 18.2 Å². The van der Waals surface area contributed by atoms with Gasteiger partial charge < -0.3 is 5.32 Å². The summed E-state index contributed by atoms with van der Waals surface area (Å²) in [5.41, 5.74) is 2.02. The molecule has 1 fully saturated rings. The average Bonchev–Trinajstić information content (AvgIpc) is 3.17. The highest BCUT2D eigenvalue weighted by Gasteiger charge is 2.34. The van der Waals surface area contributed by atoms with Crippen molar-refractivity contribution in [3.63, 3.8) is 0 Å². The van der Waals surface area contributed by atoms with Gasteiger partial charge in [-0.15, -0.1) is 0 Å². The summed E-state index contributed by atoms with van der Waals surface area (Å²) in [7, 11) is 0. The van der Waals surface area contributed by atoms with E-state index in [2.05, 4.69) is 10.3 Å². The van der Waals surface area contributed by atoms with Crippen LogP contribution in [0.4, 0.5) is 0 Å². The molecule has 18 heavy (non-hydrogen) atoms. The fourth-order valence-electron chi connectivity index (χ4n) is 2.04. The molecule has 0 bridgehead atoms. The monoisotopic (exact) mass is 264 g/mol. The number of carbonyl (C=O) groups excluding carboxylic acids is 1. The van der Waals surface area contributed by atoms with Gasteiger partial charge in [-0.3, -0.25) is 9.78 Å². The molecule has 1 aromatic rings. The Morgan fingerprint density at radius 3 is 2.94 bits per heavy atom. The number of hydrogen-bond donors (Lipinski definition) is 1. The molecule has 1 aliphatic carbocycles. The molecule has 0 unspecified atom stereocenters. The normalized spacial score (nSPS) is 16.3. The fraction of sp³-hybridized carbons (Fsp3) is 0.571.